The SMILES string of the molecule is COc1nc(N)nc2c1ncn2C1O[C@H](COP(N[C@@H](C)C(=O)OC2CCOCC2)Oc2cccc3ncccc23)CC1C. The van der Waals surface area contributed by atoms with Gasteiger partial charge in [-0.1, -0.05) is 13.0 Å². The highest BCUT2D eigenvalue weighted by molar-refractivity contribution is 7.45. The fourth-order valence-electron chi connectivity index (χ4n) is 5.36. The average molecular weight is 626 g/mol. The smallest absolute Gasteiger partial charge is 0.323 e. The van der Waals surface area contributed by atoms with E-state index in [1.165, 1.54) is 7.11 Å². The molecule has 0 aliphatic carbocycles. The number of hydrogen-bond donors (Lipinski definition) is 2. The number of hydrogen-bond acceptors (Lipinski definition) is 13. The van der Waals surface area contributed by atoms with Crippen molar-refractivity contribution in [2.24, 2.45) is 5.92 Å². The summed E-state index contributed by atoms with van der Waals surface area (Å²) in [5, 5.41) is 4.05. The third-order valence-electron chi connectivity index (χ3n) is 7.60. The molecule has 4 aromatic rings. The number of methoxy groups -OCH3 is 1. The molecule has 3 aromatic heterocycles. The minimum Gasteiger partial charge on any atom is -0.479 e. The van der Waals surface area contributed by atoms with E-state index in [4.69, 9.17) is 33.7 Å². The predicted molar refractivity (Wildman–Crippen MR) is 162 cm³/mol. The number of aromatic nitrogens is 5. The van der Waals surface area contributed by atoms with Crippen molar-refractivity contribution in [2.75, 3.05) is 32.7 Å². The van der Waals surface area contributed by atoms with E-state index < -0.39 is 14.6 Å². The molecule has 1 aromatic carbocycles. The molecule has 0 saturated carbocycles. The molecule has 14 nitrogen and oxygen atoms in total. The van der Waals surface area contributed by atoms with Crippen LogP contribution in [-0.4, -0.2) is 75.7 Å². The molecular weight excluding hydrogens is 589 g/mol. The van der Waals surface area contributed by atoms with Crippen LogP contribution in [0.4, 0.5) is 5.95 Å². The van der Waals surface area contributed by atoms with Crippen molar-refractivity contribution in [3.05, 3.63) is 42.9 Å². The maximum atomic E-state index is 13.0. The number of carbonyl (C=O) groups excluding carboxylic acids is 1. The predicted octanol–water partition coefficient (Wildman–Crippen LogP) is 3.91. The van der Waals surface area contributed by atoms with Crippen LogP contribution in [0.1, 0.15) is 39.3 Å². The molecule has 234 valence electrons. The van der Waals surface area contributed by atoms with Crippen molar-refractivity contribution < 1.29 is 32.8 Å². The molecule has 6 rings (SSSR count). The third-order valence-corrected chi connectivity index (χ3v) is 8.94. The number of nitrogen functional groups attached to an aromatic ring is 1. The minimum absolute atomic E-state index is 0.0867. The van der Waals surface area contributed by atoms with Crippen molar-refractivity contribution in [1.29, 1.82) is 0 Å². The highest BCUT2D eigenvalue weighted by Crippen LogP contribution is 2.42. The van der Waals surface area contributed by atoms with Crippen LogP contribution in [0.3, 0.4) is 0 Å². The Kier molecular flexibility index (Phi) is 9.33. The molecular formula is C29H36N7O7P. The van der Waals surface area contributed by atoms with Crippen LogP contribution in [0.25, 0.3) is 22.1 Å². The summed E-state index contributed by atoms with van der Waals surface area (Å²) in [7, 11) is -0.279. The fourth-order valence-corrected chi connectivity index (χ4v) is 6.60. The van der Waals surface area contributed by atoms with Gasteiger partial charge in [-0.05, 0) is 37.6 Å². The van der Waals surface area contributed by atoms with Crippen LogP contribution in [-0.2, 0) is 23.5 Å². The van der Waals surface area contributed by atoms with Crippen LogP contribution in [0, 0.1) is 5.92 Å². The molecule has 2 aliphatic rings. The molecule has 0 radical (unpaired) electrons. The summed E-state index contributed by atoms with van der Waals surface area (Å²) in [5.74, 6) is 0.725. The van der Waals surface area contributed by atoms with E-state index in [2.05, 4.69) is 31.9 Å². The second-order valence-corrected chi connectivity index (χ2v) is 12.1. The highest BCUT2D eigenvalue weighted by Gasteiger charge is 2.36. The molecule has 3 N–H and O–H groups in total. The van der Waals surface area contributed by atoms with Gasteiger partial charge in [-0.25, -0.2) is 10.1 Å². The summed E-state index contributed by atoms with van der Waals surface area (Å²) < 4.78 is 37.4. The Morgan fingerprint density at radius 3 is 2.86 bits per heavy atom. The minimum atomic E-state index is -1.79. The van der Waals surface area contributed by atoms with Crippen molar-refractivity contribution in [2.45, 2.75) is 57.6 Å². The largest absolute Gasteiger partial charge is 0.479 e. The Labute approximate surface area is 255 Å². The van der Waals surface area contributed by atoms with Crippen LogP contribution in [0.2, 0.25) is 0 Å². The number of esters is 1. The maximum absolute atomic E-state index is 13.0. The van der Waals surface area contributed by atoms with Gasteiger partial charge in [-0.2, -0.15) is 9.97 Å². The first-order valence-electron chi connectivity index (χ1n) is 14.6. The lowest BCUT2D eigenvalue weighted by Gasteiger charge is -2.26. The number of anilines is 1. The Balaban J connectivity index is 1.16. The number of imidazole rings is 1. The number of benzene rings is 1. The van der Waals surface area contributed by atoms with E-state index in [0.717, 1.165) is 10.9 Å². The Bertz CT molecular complexity index is 1600. The van der Waals surface area contributed by atoms with Crippen molar-refractivity contribution in [1.82, 2.24) is 29.6 Å². The van der Waals surface area contributed by atoms with Gasteiger partial charge in [-0.3, -0.25) is 14.3 Å². The molecule has 44 heavy (non-hydrogen) atoms. The van der Waals surface area contributed by atoms with E-state index in [1.807, 2.05) is 34.9 Å². The number of ether oxygens (including phenoxy) is 4. The number of nitrogens with two attached hydrogens (primary N) is 1. The van der Waals surface area contributed by atoms with Gasteiger partial charge >= 0.3 is 14.5 Å². The van der Waals surface area contributed by atoms with Gasteiger partial charge in [-0.15, -0.1) is 0 Å². The molecule has 5 atom stereocenters. The molecule has 2 fully saturated rings. The second-order valence-electron chi connectivity index (χ2n) is 10.8. The van der Waals surface area contributed by atoms with Gasteiger partial charge in [0, 0.05) is 30.3 Å². The van der Waals surface area contributed by atoms with Gasteiger partial charge in [0.05, 0.1) is 44.9 Å². The van der Waals surface area contributed by atoms with Gasteiger partial charge < -0.3 is 33.7 Å². The van der Waals surface area contributed by atoms with Gasteiger partial charge in [0.2, 0.25) is 11.8 Å². The molecule has 3 unspecified atom stereocenters. The van der Waals surface area contributed by atoms with Gasteiger partial charge in [0.25, 0.3) is 0 Å². The first-order valence-corrected chi connectivity index (χ1v) is 15.8. The summed E-state index contributed by atoms with van der Waals surface area (Å²) in [4.78, 5) is 30.3. The topological polar surface area (TPSA) is 167 Å². The van der Waals surface area contributed by atoms with E-state index in [0.29, 0.717) is 55.3 Å². The van der Waals surface area contributed by atoms with E-state index in [-0.39, 0.29) is 42.9 Å². The lowest BCUT2D eigenvalue weighted by molar-refractivity contribution is -0.154. The first kappa shape index (κ1) is 30.4. The molecule has 2 aliphatic heterocycles. The summed E-state index contributed by atoms with van der Waals surface area (Å²) >= 11 is 0. The Morgan fingerprint density at radius 2 is 2.05 bits per heavy atom. The van der Waals surface area contributed by atoms with Gasteiger partial charge in [0.1, 0.15) is 24.1 Å². The normalized spacial score (nSPS) is 22.2. The zero-order chi connectivity index (χ0) is 30.6. The van der Waals surface area contributed by atoms with Crippen molar-refractivity contribution in [3.63, 3.8) is 0 Å². The molecule has 2 saturated heterocycles. The standard InChI is InChI=1S/C29H36N7O7P/c1-17-14-20(41-27(17)36-16-32-24-25(36)33-29(30)34-26(24)38-3)15-40-44(35-18(2)28(37)42-19-9-12-39-13-10-19)43-23-8-4-7-22-21(23)6-5-11-31-22/h4-8,11,16-20,27,35H,9-10,12-15H2,1-3H3,(H2,30,33,34)/t17?,18-,20-,27?,44?/m0/s1. The number of fused-ring (bicyclic) bond motifs is 2. The summed E-state index contributed by atoms with van der Waals surface area (Å²) in [6.07, 6.45) is 4.68. The lowest BCUT2D eigenvalue weighted by Crippen LogP contribution is -2.37. The summed E-state index contributed by atoms with van der Waals surface area (Å²) in [5.41, 5.74) is 7.74. The summed E-state index contributed by atoms with van der Waals surface area (Å²) in [6.45, 7) is 5.21. The third kappa shape index (κ3) is 6.69. The molecule has 0 amide bonds. The number of nitrogens with zero attached hydrogens (tertiary/aromatic N) is 5. The summed E-state index contributed by atoms with van der Waals surface area (Å²) in [6, 6.07) is 8.74. The average Bonchev–Trinajstić information content (AvgIpc) is 3.62. The molecule has 15 heteroatoms. The van der Waals surface area contributed by atoms with Crippen LogP contribution in [0.5, 0.6) is 11.6 Å². The van der Waals surface area contributed by atoms with Crippen LogP contribution >= 0.6 is 8.53 Å². The van der Waals surface area contributed by atoms with Crippen molar-refractivity contribution >= 4 is 42.5 Å². The van der Waals surface area contributed by atoms with Crippen LogP contribution in [0.15, 0.2) is 42.9 Å². The Morgan fingerprint density at radius 1 is 1.20 bits per heavy atom. The molecule has 0 bridgehead atoms. The monoisotopic (exact) mass is 625 g/mol. The fraction of sp³-hybridized carbons (Fsp3) is 0.483. The molecule has 5 heterocycles. The van der Waals surface area contributed by atoms with Crippen molar-refractivity contribution in [3.8, 4) is 11.6 Å². The zero-order valence-electron chi connectivity index (χ0n) is 24.8. The number of carbonyl (C=O) groups is 1. The highest BCUT2D eigenvalue weighted by atomic mass is 31.2. The van der Waals surface area contributed by atoms with E-state index in [1.54, 1.807) is 19.4 Å². The Hall–Kier alpha value is -3.68. The van der Waals surface area contributed by atoms with E-state index in [9.17, 15) is 4.79 Å². The van der Waals surface area contributed by atoms with E-state index >= 15 is 0 Å². The number of rotatable bonds is 11. The number of nitrogens with one attached hydrogen (secondary N) is 1. The zero-order valence-corrected chi connectivity index (χ0v) is 25.7. The quantitative estimate of drug-likeness (QED) is 0.182. The van der Waals surface area contributed by atoms with Gasteiger partial charge in [0.15, 0.2) is 11.2 Å². The second kappa shape index (κ2) is 13.5. The first-order chi connectivity index (χ1) is 21.4. The maximum Gasteiger partial charge on any atom is 0.323 e. The molecule has 0 spiro atoms. The number of pyridine rings is 1. The lowest BCUT2D eigenvalue weighted by atomic mass is 10.1. The van der Waals surface area contributed by atoms with Crippen LogP contribution < -0.4 is 20.1 Å².